The van der Waals surface area contributed by atoms with Crippen molar-refractivity contribution >= 4 is 17.8 Å². The molecule has 2 aliphatic rings. The molecule has 1 aromatic rings. The Balaban J connectivity index is 1.61. The van der Waals surface area contributed by atoms with Crippen LogP contribution in [0.1, 0.15) is 64.4 Å². The number of esters is 2. The monoisotopic (exact) mass is 533 g/mol. The first kappa shape index (κ1) is 29.3. The van der Waals surface area contributed by atoms with Crippen molar-refractivity contribution in [2.45, 2.75) is 89.4 Å². The molecule has 2 fully saturated rings. The summed E-state index contributed by atoms with van der Waals surface area (Å²) in [4.78, 5) is 55.5. The topological polar surface area (TPSA) is 137 Å². The number of ether oxygens (including phenoxy) is 2. The number of nitrogens with one attached hydrogen (secondary N) is 1. The summed E-state index contributed by atoms with van der Waals surface area (Å²) < 4.78 is 10.7. The van der Waals surface area contributed by atoms with Crippen molar-refractivity contribution in [3.63, 3.8) is 0 Å². The number of likely N-dealkylation sites (tertiary alicyclic amines) is 1. The van der Waals surface area contributed by atoms with E-state index in [0.29, 0.717) is 32.1 Å². The minimum atomic E-state index is -0.851. The quantitative estimate of drug-likeness (QED) is 0.156. The molecule has 1 aliphatic carbocycles. The lowest BCUT2D eigenvalue weighted by molar-refractivity contribution is -0.757. The molecule has 1 amide bonds. The zero-order chi connectivity index (χ0) is 27.5. The highest BCUT2D eigenvalue weighted by Crippen LogP contribution is 2.42. The third-order valence-electron chi connectivity index (χ3n) is 7.30. The normalized spacial score (nSPS) is 21.8. The van der Waals surface area contributed by atoms with Crippen molar-refractivity contribution in [3.05, 3.63) is 46.0 Å². The van der Waals surface area contributed by atoms with Crippen LogP contribution in [0.5, 0.6) is 0 Å². The molecule has 0 bridgehead atoms. The van der Waals surface area contributed by atoms with E-state index in [2.05, 4.69) is 10.2 Å². The number of hydrogen-bond acceptors (Lipinski definition) is 9. The molecule has 0 aromatic heterocycles. The molecule has 1 heterocycles. The average Bonchev–Trinajstić information content (AvgIpc) is 3.50. The molecular weight excluding hydrogens is 494 g/mol. The first-order valence-corrected chi connectivity index (χ1v) is 13.5. The second-order valence-corrected chi connectivity index (χ2v) is 9.90. The van der Waals surface area contributed by atoms with E-state index in [1.54, 1.807) is 18.7 Å². The first-order chi connectivity index (χ1) is 18.3. The highest BCUT2D eigenvalue weighted by molar-refractivity contribution is 5.89. The summed E-state index contributed by atoms with van der Waals surface area (Å²) in [6.07, 6.45) is 5.27. The van der Waals surface area contributed by atoms with E-state index in [1.807, 2.05) is 30.3 Å². The molecule has 0 spiro atoms. The van der Waals surface area contributed by atoms with Gasteiger partial charge in [0.25, 0.3) is 5.09 Å². The number of benzene rings is 1. The summed E-state index contributed by atoms with van der Waals surface area (Å²) in [5, 5.41) is 12.6. The molecule has 5 atom stereocenters. The Bertz CT molecular complexity index is 944. The van der Waals surface area contributed by atoms with Crippen LogP contribution in [0.25, 0.3) is 0 Å². The van der Waals surface area contributed by atoms with Gasteiger partial charge in [0.2, 0.25) is 5.91 Å². The van der Waals surface area contributed by atoms with E-state index in [1.165, 1.54) is 0 Å². The molecule has 38 heavy (non-hydrogen) atoms. The molecule has 1 saturated carbocycles. The number of amides is 1. The second kappa shape index (κ2) is 14.7. The van der Waals surface area contributed by atoms with Gasteiger partial charge in [-0.25, -0.2) is 4.79 Å². The first-order valence-electron chi connectivity index (χ1n) is 13.5. The minimum absolute atomic E-state index is 0.0249. The van der Waals surface area contributed by atoms with Gasteiger partial charge in [-0.3, -0.25) is 14.9 Å². The number of aryl methyl sites for hydroxylation is 1. The summed E-state index contributed by atoms with van der Waals surface area (Å²) in [7, 11) is 0. The number of unbranched alkanes of at least 4 members (excludes halogenated alkanes) is 1. The summed E-state index contributed by atoms with van der Waals surface area (Å²) in [5.41, 5.74) is 1.09. The van der Waals surface area contributed by atoms with Crippen LogP contribution in [0.3, 0.4) is 0 Å². The Morgan fingerprint density at radius 3 is 2.58 bits per heavy atom. The van der Waals surface area contributed by atoms with Crippen molar-refractivity contribution in [2.24, 2.45) is 5.92 Å². The number of carbonyl (C=O) groups excluding carboxylic acids is 3. The Labute approximate surface area is 223 Å². The molecule has 1 aromatic carbocycles. The van der Waals surface area contributed by atoms with Gasteiger partial charge in [-0.2, -0.15) is 0 Å². The lowest BCUT2D eigenvalue weighted by atomic mass is 10.0. The minimum Gasteiger partial charge on any atom is -0.465 e. The fourth-order valence-corrected chi connectivity index (χ4v) is 5.49. The highest BCUT2D eigenvalue weighted by atomic mass is 16.9. The van der Waals surface area contributed by atoms with Gasteiger partial charge < -0.3 is 19.2 Å². The molecule has 3 rings (SSSR count). The Morgan fingerprint density at radius 1 is 1.13 bits per heavy atom. The smallest absolute Gasteiger partial charge is 0.328 e. The number of hydrogen-bond donors (Lipinski definition) is 1. The molecule has 210 valence electrons. The van der Waals surface area contributed by atoms with Gasteiger partial charge in [-0.1, -0.05) is 36.8 Å². The fraction of sp³-hybridized carbons (Fsp3) is 0.667. The average molecular weight is 534 g/mol. The number of fused-ring (bicyclic) bond motifs is 1. The molecular formula is C27H39N3O8. The van der Waals surface area contributed by atoms with Gasteiger partial charge in [0.15, 0.2) is 0 Å². The third kappa shape index (κ3) is 8.14. The van der Waals surface area contributed by atoms with Crippen LogP contribution in [-0.2, 0) is 35.1 Å². The van der Waals surface area contributed by atoms with Gasteiger partial charge in [0, 0.05) is 6.04 Å². The predicted octanol–water partition coefficient (Wildman–Crippen LogP) is 2.83. The SMILES string of the molecule is CCOC(=O)C(CCc1ccccc1)NC(C)C(=O)N1C(C(=O)OCCCCO[N+](=O)[O-])CC2CCCC21. The van der Waals surface area contributed by atoms with Crippen molar-refractivity contribution < 1.29 is 33.8 Å². The van der Waals surface area contributed by atoms with E-state index >= 15 is 0 Å². The maximum absolute atomic E-state index is 13.7. The van der Waals surface area contributed by atoms with Crippen LogP contribution in [0.4, 0.5) is 0 Å². The molecule has 1 saturated heterocycles. The van der Waals surface area contributed by atoms with Crippen LogP contribution in [0, 0.1) is 16.0 Å². The van der Waals surface area contributed by atoms with E-state index in [4.69, 9.17) is 9.47 Å². The molecule has 0 radical (unpaired) electrons. The zero-order valence-electron chi connectivity index (χ0n) is 22.2. The van der Waals surface area contributed by atoms with Crippen LogP contribution in [0.2, 0.25) is 0 Å². The molecule has 11 nitrogen and oxygen atoms in total. The van der Waals surface area contributed by atoms with Gasteiger partial charge in [-0.15, -0.1) is 10.1 Å². The number of carbonyl (C=O) groups is 3. The van der Waals surface area contributed by atoms with Crippen molar-refractivity contribution in [1.29, 1.82) is 0 Å². The van der Waals surface area contributed by atoms with Gasteiger partial charge in [-0.05, 0) is 70.3 Å². The Hall–Kier alpha value is -3.21. The zero-order valence-corrected chi connectivity index (χ0v) is 22.2. The highest BCUT2D eigenvalue weighted by Gasteiger charge is 2.50. The van der Waals surface area contributed by atoms with Gasteiger partial charge >= 0.3 is 11.9 Å². The van der Waals surface area contributed by atoms with Crippen LogP contribution < -0.4 is 5.32 Å². The van der Waals surface area contributed by atoms with E-state index < -0.39 is 35.2 Å². The van der Waals surface area contributed by atoms with Crippen LogP contribution in [0.15, 0.2) is 30.3 Å². The summed E-state index contributed by atoms with van der Waals surface area (Å²) >= 11 is 0. The largest absolute Gasteiger partial charge is 0.465 e. The summed E-state index contributed by atoms with van der Waals surface area (Å²) in [6.45, 7) is 3.75. The standard InChI is InChI=1S/C27H39N3O8/c1-3-36-26(32)22(15-14-20-10-5-4-6-11-20)28-19(2)25(31)29-23-13-9-12-21(23)18-24(29)27(33)37-16-7-8-17-38-30(34)35/h4-6,10-11,19,21-24,28H,3,7-9,12-18H2,1-2H3. The van der Waals surface area contributed by atoms with Crippen LogP contribution in [-0.4, -0.2) is 71.8 Å². The third-order valence-corrected chi connectivity index (χ3v) is 7.30. The van der Waals surface area contributed by atoms with Crippen LogP contribution >= 0.6 is 0 Å². The van der Waals surface area contributed by atoms with E-state index in [0.717, 1.165) is 24.8 Å². The van der Waals surface area contributed by atoms with E-state index in [-0.39, 0.29) is 37.7 Å². The fourth-order valence-electron chi connectivity index (χ4n) is 5.49. The maximum atomic E-state index is 13.7. The molecule has 1 aliphatic heterocycles. The van der Waals surface area contributed by atoms with Crippen molar-refractivity contribution in [3.8, 4) is 0 Å². The summed E-state index contributed by atoms with van der Waals surface area (Å²) in [5.74, 6) is -0.840. The number of rotatable bonds is 15. The van der Waals surface area contributed by atoms with E-state index in [9.17, 15) is 24.5 Å². The molecule has 11 heteroatoms. The Kier molecular flexibility index (Phi) is 11.3. The maximum Gasteiger partial charge on any atom is 0.328 e. The molecule has 5 unspecified atom stereocenters. The number of nitrogens with zero attached hydrogens (tertiary/aromatic N) is 2. The summed E-state index contributed by atoms with van der Waals surface area (Å²) in [6, 6.07) is 7.74. The van der Waals surface area contributed by atoms with Crippen molar-refractivity contribution in [2.75, 3.05) is 19.8 Å². The predicted molar refractivity (Wildman–Crippen MR) is 137 cm³/mol. The van der Waals surface area contributed by atoms with Gasteiger partial charge in [0.1, 0.15) is 12.1 Å². The van der Waals surface area contributed by atoms with Crippen molar-refractivity contribution in [1.82, 2.24) is 10.2 Å². The second-order valence-electron chi connectivity index (χ2n) is 9.90. The Morgan fingerprint density at radius 2 is 1.87 bits per heavy atom. The lowest BCUT2D eigenvalue weighted by Gasteiger charge is -2.32. The van der Waals surface area contributed by atoms with Gasteiger partial charge in [0.05, 0.1) is 25.9 Å². The molecule has 1 N–H and O–H groups in total. The lowest BCUT2D eigenvalue weighted by Crippen LogP contribution is -2.55.